The van der Waals surface area contributed by atoms with E-state index >= 15 is 0 Å². The molecule has 0 saturated carbocycles. The zero-order valence-electron chi connectivity index (χ0n) is 14.5. The normalized spacial score (nSPS) is 10.4. The molecule has 26 heavy (non-hydrogen) atoms. The third-order valence-electron chi connectivity index (χ3n) is 3.74. The first-order valence-electron chi connectivity index (χ1n) is 7.99. The Morgan fingerprint density at radius 3 is 2.62 bits per heavy atom. The summed E-state index contributed by atoms with van der Waals surface area (Å²) < 4.78 is 6.36. The highest BCUT2D eigenvalue weighted by Crippen LogP contribution is 2.19. The van der Waals surface area contributed by atoms with Crippen LogP contribution >= 0.6 is 0 Å². The Bertz CT molecular complexity index is 981. The summed E-state index contributed by atoms with van der Waals surface area (Å²) >= 11 is 0. The Morgan fingerprint density at radius 2 is 1.96 bits per heavy atom. The van der Waals surface area contributed by atoms with Crippen molar-refractivity contribution in [2.24, 2.45) is 0 Å². The molecular weight excluding hydrogens is 332 g/mol. The lowest BCUT2D eigenvalue weighted by molar-refractivity contribution is -0.116. The van der Waals surface area contributed by atoms with Crippen LogP contribution in [0.3, 0.4) is 0 Å². The van der Waals surface area contributed by atoms with Gasteiger partial charge in [-0.3, -0.25) is 14.2 Å². The van der Waals surface area contributed by atoms with Crippen molar-refractivity contribution < 1.29 is 9.53 Å². The van der Waals surface area contributed by atoms with Crippen LogP contribution in [0, 0.1) is 6.92 Å². The Hall–Kier alpha value is -3.48. The molecule has 0 bridgehead atoms. The quantitative estimate of drug-likeness (QED) is 0.763. The van der Waals surface area contributed by atoms with Gasteiger partial charge in [0.15, 0.2) is 0 Å². The lowest BCUT2D eigenvalue weighted by Gasteiger charge is -2.08. The van der Waals surface area contributed by atoms with E-state index < -0.39 is 0 Å². The third kappa shape index (κ3) is 4.13. The summed E-state index contributed by atoms with van der Waals surface area (Å²) in [7, 11) is 1.59. The first-order valence-corrected chi connectivity index (χ1v) is 7.99. The molecule has 1 amide bonds. The van der Waals surface area contributed by atoms with Gasteiger partial charge in [-0.1, -0.05) is 6.07 Å². The van der Waals surface area contributed by atoms with E-state index in [1.165, 1.54) is 17.0 Å². The molecule has 2 aromatic heterocycles. The van der Waals surface area contributed by atoms with Crippen LogP contribution in [0.25, 0.3) is 11.3 Å². The van der Waals surface area contributed by atoms with E-state index in [9.17, 15) is 9.59 Å². The molecule has 0 unspecified atom stereocenters. The molecule has 1 N–H and O–H groups in total. The highest BCUT2D eigenvalue weighted by atomic mass is 16.5. The SMILES string of the molecule is COc1ccc(-c2cc(=O)n(CC(=O)Nc3cccc(C)n3)cn2)cc1. The summed E-state index contributed by atoms with van der Waals surface area (Å²) in [5.41, 5.74) is 1.82. The van der Waals surface area contributed by atoms with Crippen molar-refractivity contribution in [1.82, 2.24) is 14.5 Å². The van der Waals surface area contributed by atoms with Crippen molar-refractivity contribution in [2.45, 2.75) is 13.5 Å². The summed E-state index contributed by atoms with van der Waals surface area (Å²) in [6, 6.07) is 14.0. The van der Waals surface area contributed by atoms with Crippen LogP contribution < -0.4 is 15.6 Å². The maximum Gasteiger partial charge on any atom is 0.254 e. The Kier molecular flexibility index (Phi) is 5.07. The van der Waals surface area contributed by atoms with Crippen molar-refractivity contribution in [3.8, 4) is 17.0 Å². The van der Waals surface area contributed by atoms with Crippen LogP contribution in [-0.2, 0) is 11.3 Å². The molecule has 0 spiro atoms. The molecule has 2 heterocycles. The topological polar surface area (TPSA) is 86.1 Å². The number of pyridine rings is 1. The van der Waals surface area contributed by atoms with Gasteiger partial charge < -0.3 is 10.1 Å². The van der Waals surface area contributed by atoms with Gasteiger partial charge in [-0.05, 0) is 43.3 Å². The summed E-state index contributed by atoms with van der Waals surface area (Å²) in [5, 5.41) is 2.67. The van der Waals surface area contributed by atoms with Gasteiger partial charge in [0.1, 0.15) is 18.1 Å². The number of nitrogens with zero attached hydrogens (tertiary/aromatic N) is 3. The highest BCUT2D eigenvalue weighted by Gasteiger charge is 2.08. The summed E-state index contributed by atoms with van der Waals surface area (Å²) in [5.74, 6) is 0.832. The number of carbonyl (C=O) groups is 1. The lowest BCUT2D eigenvalue weighted by Crippen LogP contribution is -2.27. The molecule has 0 fully saturated rings. The average Bonchev–Trinajstić information content (AvgIpc) is 2.63. The number of amides is 1. The number of anilines is 1. The van der Waals surface area contributed by atoms with E-state index in [0.717, 1.165) is 17.0 Å². The lowest BCUT2D eigenvalue weighted by atomic mass is 10.1. The van der Waals surface area contributed by atoms with Crippen molar-refractivity contribution in [3.05, 3.63) is 70.9 Å². The second-order valence-electron chi connectivity index (χ2n) is 5.68. The number of nitrogens with one attached hydrogen (secondary N) is 1. The number of ether oxygens (including phenoxy) is 1. The number of carbonyl (C=O) groups excluding carboxylic acids is 1. The second-order valence-corrected chi connectivity index (χ2v) is 5.68. The van der Waals surface area contributed by atoms with Gasteiger partial charge in [0.25, 0.3) is 5.56 Å². The molecule has 0 saturated heterocycles. The number of aryl methyl sites for hydroxylation is 1. The van der Waals surface area contributed by atoms with E-state index in [4.69, 9.17) is 4.74 Å². The summed E-state index contributed by atoms with van der Waals surface area (Å²) in [6.07, 6.45) is 1.37. The fourth-order valence-electron chi connectivity index (χ4n) is 2.41. The number of aromatic nitrogens is 3. The van der Waals surface area contributed by atoms with Gasteiger partial charge in [0, 0.05) is 17.3 Å². The monoisotopic (exact) mass is 350 g/mol. The van der Waals surface area contributed by atoms with Gasteiger partial charge >= 0.3 is 0 Å². The predicted octanol–water partition coefficient (Wildman–Crippen LogP) is 2.26. The van der Waals surface area contributed by atoms with Crippen LogP contribution in [0.2, 0.25) is 0 Å². The van der Waals surface area contributed by atoms with Gasteiger partial charge in [-0.15, -0.1) is 0 Å². The number of hydrogen-bond donors (Lipinski definition) is 1. The molecule has 1 aromatic carbocycles. The zero-order chi connectivity index (χ0) is 18.5. The minimum Gasteiger partial charge on any atom is -0.497 e. The highest BCUT2D eigenvalue weighted by molar-refractivity contribution is 5.89. The average molecular weight is 350 g/mol. The van der Waals surface area contributed by atoms with E-state index in [-0.39, 0.29) is 18.0 Å². The fourth-order valence-corrected chi connectivity index (χ4v) is 2.41. The van der Waals surface area contributed by atoms with E-state index in [1.54, 1.807) is 31.4 Å². The van der Waals surface area contributed by atoms with Crippen molar-refractivity contribution >= 4 is 11.7 Å². The van der Waals surface area contributed by atoms with Crippen molar-refractivity contribution in [1.29, 1.82) is 0 Å². The number of benzene rings is 1. The molecule has 3 rings (SSSR count). The number of hydrogen-bond acceptors (Lipinski definition) is 5. The first-order chi connectivity index (χ1) is 12.5. The molecule has 7 heteroatoms. The summed E-state index contributed by atoms with van der Waals surface area (Å²) in [6.45, 7) is 1.70. The standard InChI is InChI=1S/C19H18N4O3/c1-13-4-3-5-17(21-13)22-18(24)11-23-12-20-16(10-19(23)25)14-6-8-15(26-2)9-7-14/h3-10,12H,11H2,1-2H3,(H,21,22,24). The molecule has 0 aliphatic rings. The van der Waals surface area contributed by atoms with Crippen LogP contribution in [-0.4, -0.2) is 27.6 Å². The largest absolute Gasteiger partial charge is 0.497 e. The number of rotatable bonds is 5. The van der Waals surface area contributed by atoms with Gasteiger partial charge in [-0.25, -0.2) is 9.97 Å². The van der Waals surface area contributed by atoms with Crippen molar-refractivity contribution in [3.63, 3.8) is 0 Å². The van der Waals surface area contributed by atoms with Crippen LogP contribution in [0.5, 0.6) is 5.75 Å². The Labute approximate surface area is 150 Å². The minimum atomic E-state index is -0.343. The van der Waals surface area contributed by atoms with Crippen LogP contribution in [0.15, 0.2) is 59.7 Å². The Balaban J connectivity index is 1.73. The molecule has 132 valence electrons. The molecule has 0 atom stereocenters. The Morgan fingerprint density at radius 1 is 1.19 bits per heavy atom. The minimum absolute atomic E-state index is 0.135. The van der Waals surface area contributed by atoms with Gasteiger partial charge in [0.05, 0.1) is 19.1 Å². The smallest absolute Gasteiger partial charge is 0.254 e. The summed E-state index contributed by atoms with van der Waals surface area (Å²) in [4.78, 5) is 32.9. The molecule has 0 aliphatic carbocycles. The first kappa shape index (κ1) is 17.3. The zero-order valence-corrected chi connectivity index (χ0v) is 14.5. The van der Waals surface area contributed by atoms with E-state index in [1.807, 2.05) is 25.1 Å². The molecular formula is C19H18N4O3. The van der Waals surface area contributed by atoms with E-state index in [2.05, 4.69) is 15.3 Å². The number of methoxy groups -OCH3 is 1. The predicted molar refractivity (Wildman–Crippen MR) is 98.1 cm³/mol. The van der Waals surface area contributed by atoms with Crippen LogP contribution in [0.4, 0.5) is 5.82 Å². The third-order valence-corrected chi connectivity index (χ3v) is 3.74. The maximum absolute atomic E-state index is 12.3. The molecule has 0 aliphatic heterocycles. The van der Waals surface area contributed by atoms with Crippen LogP contribution in [0.1, 0.15) is 5.69 Å². The fraction of sp³-hybridized carbons (Fsp3) is 0.158. The van der Waals surface area contributed by atoms with Gasteiger partial charge in [-0.2, -0.15) is 0 Å². The molecule has 3 aromatic rings. The second kappa shape index (κ2) is 7.60. The van der Waals surface area contributed by atoms with Crippen molar-refractivity contribution in [2.75, 3.05) is 12.4 Å². The maximum atomic E-state index is 12.3. The molecule has 7 nitrogen and oxygen atoms in total. The van der Waals surface area contributed by atoms with Gasteiger partial charge in [0.2, 0.25) is 5.91 Å². The molecule has 0 radical (unpaired) electrons. The van der Waals surface area contributed by atoms with E-state index in [0.29, 0.717) is 11.5 Å².